The highest BCUT2D eigenvalue weighted by atomic mass is 16.3. The first-order valence-corrected chi connectivity index (χ1v) is 8.97. The smallest absolute Gasteiger partial charge is 0.227 e. The first-order valence-electron chi connectivity index (χ1n) is 10.5. The number of aromatic nitrogens is 2. The summed E-state index contributed by atoms with van der Waals surface area (Å²) in [6.45, 7) is 1.71. The Morgan fingerprint density at radius 2 is 1.89 bits per heavy atom. The minimum atomic E-state index is -2.27. The van der Waals surface area contributed by atoms with Gasteiger partial charge in [0.2, 0.25) is 11.4 Å². The SMILES string of the molecule is [2H]C([2H])([2H])c1cc(C)c(-c2cc(C)cc[n+]2C)c2oc3nc4ccccc4cc3c12. The molecule has 0 unspecified atom stereocenters. The van der Waals surface area contributed by atoms with Crippen LogP contribution in [0.15, 0.2) is 59.1 Å². The van der Waals surface area contributed by atoms with E-state index >= 15 is 0 Å². The molecule has 3 heterocycles. The molecule has 0 aliphatic carbocycles. The quantitative estimate of drug-likeness (QED) is 0.369. The van der Waals surface area contributed by atoms with Crippen LogP contribution in [-0.2, 0) is 7.05 Å². The van der Waals surface area contributed by atoms with Crippen LogP contribution in [0.1, 0.15) is 20.8 Å². The number of aryl methyl sites for hydroxylation is 4. The Kier molecular flexibility index (Phi) is 2.73. The molecule has 0 spiro atoms. The third-order valence-electron chi connectivity index (χ3n) is 5.20. The second kappa shape index (κ2) is 5.65. The summed E-state index contributed by atoms with van der Waals surface area (Å²) < 4.78 is 32.8. The maximum absolute atomic E-state index is 8.15. The number of fused-ring (bicyclic) bond motifs is 4. The molecule has 2 aromatic carbocycles. The van der Waals surface area contributed by atoms with E-state index in [4.69, 9.17) is 8.53 Å². The van der Waals surface area contributed by atoms with E-state index < -0.39 is 6.85 Å². The van der Waals surface area contributed by atoms with Gasteiger partial charge in [-0.25, -0.2) is 9.55 Å². The number of benzene rings is 2. The van der Waals surface area contributed by atoms with E-state index in [1.807, 2.05) is 68.1 Å². The van der Waals surface area contributed by atoms with Crippen molar-refractivity contribution in [3.05, 3.63) is 71.4 Å². The Labute approximate surface area is 162 Å². The molecular formula is C24H21N2O+. The first kappa shape index (κ1) is 13.0. The molecule has 0 amide bonds. The Hall–Kier alpha value is -3.20. The lowest BCUT2D eigenvalue weighted by atomic mass is 9.96. The molecule has 0 bridgehead atoms. The summed E-state index contributed by atoms with van der Waals surface area (Å²) in [6.07, 6.45) is 2.00. The second-order valence-corrected chi connectivity index (χ2v) is 7.16. The van der Waals surface area contributed by atoms with Crippen LogP contribution in [0.25, 0.3) is 44.2 Å². The molecule has 0 aliphatic heterocycles. The molecule has 0 fully saturated rings. The van der Waals surface area contributed by atoms with Gasteiger partial charge in [-0.05, 0) is 49.5 Å². The maximum Gasteiger partial charge on any atom is 0.227 e. The molecule has 0 N–H and O–H groups in total. The number of hydrogen-bond donors (Lipinski definition) is 0. The maximum atomic E-state index is 8.15. The molecule has 5 rings (SSSR count). The monoisotopic (exact) mass is 356 g/mol. The van der Waals surface area contributed by atoms with Crippen molar-refractivity contribution >= 4 is 33.0 Å². The van der Waals surface area contributed by atoms with E-state index in [0.717, 1.165) is 38.7 Å². The van der Waals surface area contributed by atoms with E-state index in [1.165, 1.54) is 0 Å². The Morgan fingerprint density at radius 3 is 2.74 bits per heavy atom. The zero-order valence-corrected chi connectivity index (χ0v) is 15.5. The fourth-order valence-electron chi connectivity index (χ4n) is 3.85. The summed E-state index contributed by atoms with van der Waals surface area (Å²) in [5, 5.41) is 2.30. The number of nitrogens with zero attached hydrogens (tertiary/aromatic N) is 2. The third kappa shape index (κ3) is 2.35. The summed E-state index contributed by atoms with van der Waals surface area (Å²) in [7, 11) is 1.98. The van der Waals surface area contributed by atoms with Crippen LogP contribution >= 0.6 is 0 Å². The Balaban J connectivity index is 2.01. The summed E-state index contributed by atoms with van der Waals surface area (Å²) in [5.41, 5.74) is 5.98. The van der Waals surface area contributed by atoms with Gasteiger partial charge in [-0.1, -0.05) is 24.3 Å². The molecule has 0 saturated heterocycles. The van der Waals surface area contributed by atoms with Gasteiger partial charge in [0.1, 0.15) is 7.05 Å². The normalized spacial score (nSPS) is 13.8. The van der Waals surface area contributed by atoms with Crippen molar-refractivity contribution in [2.24, 2.45) is 7.05 Å². The van der Waals surface area contributed by atoms with Crippen molar-refractivity contribution in [3.63, 3.8) is 0 Å². The number of furan rings is 1. The summed E-state index contributed by atoms with van der Waals surface area (Å²) in [4.78, 5) is 4.69. The van der Waals surface area contributed by atoms with Gasteiger partial charge in [-0.3, -0.25) is 0 Å². The zero-order valence-electron chi connectivity index (χ0n) is 18.5. The van der Waals surface area contributed by atoms with Crippen molar-refractivity contribution in [2.45, 2.75) is 20.7 Å². The Bertz CT molecular complexity index is 1470. The van der Waals surface area contributed by atoms with Crippen molar-refractivity contribution in [2.75, 3.05) is 0 Å². The lowest BCUT2D eigenvalue weighted by Gasteiger charge is -2.08. The van der Waals surface area contributed by atoms with Gasteiger partial charge in [0.15, 0.2) is 11.8 Å². The van der Waals surface area contributed by atoms with Crippen LogP contribution in [0.4, 0.5) is 0 Å². The molecule has 0 radical (unpaired) electrons. The van der Waals surface area contributed by atoms with Crippen LogP contribution in [0.3, 0.4) is 0 Å². The van der Waals surface area contributed by atoms with E-state index in [1.54, 1.807) is 6.07 Å². The highest BCUT2D eigenvalue weighted by Gasteiger charge is 2.22. The third-order valence-corrected chi connectivity index (χ3v) is 5.20. The van der Waals surface area contributed by atoms with Gasteiger partial charge in [-0.2, -0.15) is 0 Å². The van der Waals surface area contributed by atoms with Crippen molar-refractivity contribution in [3.8, 4) is 11.3 Å². The fraction of sp³-hybridized carbons (Fsp3) is 0.167. The van der Waals surface area contributed by atoms with E-state index in [-0.39, 0.29) is 0 Å². The molecular weight excluding hydrogens is 332 g/mol. The van der Waals surface area contributed by atoms with Gasteiger partial charge in [0.05, 0.1) is 11.1 Å². The van der Waals surface area contributed by atoms with E-state index in [9.17, 15) is 0 Å². The predicted octanol–water partition coefficient (Wildman–Crippen LogP) is 5.55. The average molecular weight is 356 g/mol. The second-order valence-electron chi connectivity index (χ2n) is 7.16. The van der Waals surface area contributed by atoms with Gasteiger partial charge in [-0.15, -0.1) is 0 Å². The molecule has 3 heteroatoms. The predicted molar refractivity (Wildman–Crippen MR) is 110 cm³/mol. The molecule has 0 aliphatic rings. The Morgan fingerprint density at radius 1 is 1.04 bits per heavy atom. The lowest BCUT2D eigenvalue weighted by Crippen LogP contribution is -2.30. The van der Waals surface area contributed by atoms with Gasteiger partial charge in [0.25, 0.3) is 0 Å². The van der Waals surface area contributed by atoms with Gasteiger partial charge >= 0.3 is 0 Å². The number of para-hydroxylation sites is 1. The minimum absolute atomic E-state index is 0.296. The molecule has 132 valence electrons. The molecule has 3 aromatic heterocycles. The van der Waals surface area contributed by atoms with E-state index in [2.05, 4.69) is 11.1 Å². The molecule has 0 saturated carbocycles. The fourth-order valence-corrected chi connectivity index (χ4v) is 3.85. The number of rotatable bonds is 1. The summed E-state index contributed by atoms with van der Waals surface area (Å²) in [6, 6.07) is 15.7. The first-order chi connectivity index (χ1) is 14.2. The molecule has 27 heavy (non-hydrogen) atoms. The molecule has 5 aromatic rings. The number of pyridine rings is 2. The van der Waals surface area contributed by atoms with Gasteiger partial charge < -0.3 is 4.42 Å². The van der Waals surface area contributed by atoms with Crippen LogP contribution in [0.5, 0.6) is 0 Å². The largest absolute Gasteiger partial charge is 0.437 e. The topological polar surface area (TPSA) is 29.9 Å². The highest BCUT2D eigenvalue weighted by molar-refractivity contribution is 6.12. The summed E-state index contributed by atoms with van der Waals surface area (Å²) in [5.74, 6) is 0. The van der Waals surface area contributed by atoms with E-state index in [0.29, 0.717) is 22.2 Å². The van der Waals surface area contributed by atoms with Crippen LogP contribution in [0, 0.1) is 20.7 Å². The van der Waals surface area contributed by atoms with Crippen LogP contribution < -0.4 is 4.57 Å². The van der Waals surface area contributed by atoms with Crippen LogP contribution in [-0.4, -0.2) is 4.98 Å². The van der Waals surface area contributed by atoms with Crippen molar-refractivity contribution in [1.82, 2.24) is 4.98 Å². The minimum Gasteiger partial charge on any atom is -0.437 e. The van der Waals surface area contributed by atoms with Gasteiger partial charge in [0, 0.05) is 32.4 Å². The summed E-state index contributed by atoms with van der Waals surface area (Å²) >= 11 is 0. The lowest BCUT2D eigenvalue weighted by molar-refractivity contribution is -0.660. The number of hydrogen-bond acceptors (Lipinski definition) is 2. The highest BCUT2D eigenvalue weighted by Crippen LogP contribution is 2.39. The average Bonchev–Trinajstić information content (AvgIpc) is 3.04. The van der Waals surface area contributed by atoms with Crippen molar-refractivity contribution in [1.29, 1.82) is 0 Å². The molecule has 0 atom stereocenters. The molecule has 3 nitrogen and oxygen atoms in total. The van der Waals surface area contributed by atoms with Crippen molar-refractivity contribution < 1.29 is 13.1 Å². The zero-order chi connectivity index (χ0) is 21.2. The standard InChI is InChI=1S/C24H21N2O/c1-14-9-10-26(4)20(11-14)22-16(3)12-15(2)21-18-13-17-7-5-6-8-19(17)25-24(18)27-23(21)22/h5-13H,1-4H3/q+1/i2D3. The van der Waals surface area contributed by atoms with Crippen LogP contribution in [0.2, 0.25) is 0 Å².